The zero-order chi connectivity index (χ0) is 15.1. The van der Waals surface area contributed by atoms with Gasteiger partial charge in [0.2, 0.25) is 5.91 Å². The van der Waals surface area contributed by atoms with Crippen molar-refractivity contribution in [2.75, 3.05) is 0 Å². The van der Waals surface area contributed by atoms with Gasteiger partial charge in [-0.2, -0.15) is 0 Å². The first-order chi connectivity index (χ1) is 9.97. The Morgan fingerprint density at radius 3 is 2.62 bits per heavy atom. The molecule has 1 fully saturated rings. The minimum Gasteiger partial charge on any atom is -0.352 e. The van der Waals surface area contributed by atoms with Crippen molar-refractivity contribution in [3.8, 4) is 0 Å². The van der Waals surface area contributed by atoms with Crippen molar-refractivity contribution in [2.24, 2.45) is 5.92 Å². The van der Waals surface area contributed by atoms with Crippen LogP contribution in [0.5, 0.6) is 0 Å². The van der Waals surface area contributed by atoms with Gasteiger partial charge in [-0.1, -0.05) is 13.8 Å². The number of hydrogen-bond donors (Lipinski definition) is 1. The standard InChI is InChI=1S/C15H17F2N3O/c1-8(2)14(15(21)19-9-3-4-9)20-7-18-12-5-10(16)11(17)6-13(12)20/h5-9,14H,3-4H2,1-2H3,(H,19,21)/t14-/m0/s1. The van der Waals surface area contributed by atoms with E-state index >= 15 is 0 Å². The maximum atomic E-state index is 13.5. The van der Waals surface area contributed by atoms with Gasteiger partial charge in [0.05, 0.1) is 17.4 Å². The first-order valence-corrected chi connectivity index (χ1v) is 7.09. The van der Waals surface area contributed by atoms with Crippen molar-refractivity contribution in [2.45, 2.75) is 38.8 Å². The van der Waals surface area contributed by atoms with Gasteiger partial charge in [0, 0.05) is 18.2 Å². The molecular formula is C15H17F2N3O. The number of nitrogens with one attached hydrogen (secondary N) is 1. The van der Waals surface area contributed by atoms with Crippen molar-refractivity contribution < 1.29 is 13.6 Å². The minimum absolute atomic E-state index is 0.00858. The van der Waals surface area contributed by atoms with Gasteiger partial charge in [0.15, 0.2) is 11.6 Å². The van der Waals surface area contributed by atoms with E-state index < -0.39 is 17.7 Å². The van der Waals surface area contributed by atoms with Crippen LogP contribution in [-0.2, 0) is 4.79 Å². The summed E-state index contributed by atoms with van der Waals surface area (Å²) < 4.78 is 28.4. The molecule has 0 bridgehead atoms. The van der Waals surface area contributed by atoms with Gasteiger partial charge in [-0.3, -0.25) is 4.79 Å². The van der Waals surface area contributed by atoms with Crippen LogP contribution in [0.3, 0.4) is 0 Å². The number of imidazole rings is 1. The van der Waals surface area contributed by atoms with Gasteiger partial charge < -0.3 is 9.88 Å². The number of fused-ring (bicyclic) bond motifs is 1. The summed E-state index contributed by atoms with van der Waals surface area (Å²) in [5.41, 5.74) is 0.775. The number of amides is 1. The van der Waals surface area contributed by atoms with Crippen molar-refractivity contribution >= 4 is 16.9 Å². The van der Waals surface area contributed by atoms with E-state index in [1.54, 1.807) is 4.57 Å². The van der Waals surface area contributed by atoms with Crippen molar-refractivity contribution in [1.82, 2.24) is 14.9 Å². The van der Waals surface area contributed by atoms with E-state index in [-0.39, 0.29) is 17.9 Å². The molecule has 3 rings (SSSR count). The molecule has 6 heteroatoms. The van der Waals surface area contributed by atoms with Gasteiger partial charge in [-0.15, -0.1) is 0 Å². The summed E-state index contributed by atoms with van der Waals surface area (Å²) in [4.78, 5) is 16.5. The minimum atomic E-state index is -0.936. The maximum Gasteiger partial charge on any atom is 0.243 e. The molecule has 4 nitrogen and oxygen atoms in total. The van der Waals surface area contributed by atoms with Crippen molar-refractivity contribution in [3.05, 3.63) is 30.1 Å². The number of carbonyl (C=O) groups excluding carboxylic acids is 1. The van der Waals surface area contributed by atoms with E-state index in [9.17, 15) is 13.6 Å². The molecule has 1 saturated carbocycles. The Kier molecular flexibility index (Phi) is 3.39. The lowest BCUT2D eigenvalue weighted by atomic mass is 10.0. The number of carbonyl (C=O) groups is 1. The van der Waals surface area contributed by atoms with Crippen molar-refractivity contribution in [1.29, 1.82) is 0 Å². The second-order valence-corrected chi connectivity index (χ2v) is 5.88. The van der Waals surface area contributed by atoms with Crippen LogP contribution in [0.4, 0.5) is 8.78 Å². The van der Waals surface area contributed by atoms with Gasteiger partial charge in [-0.05, 0) is 18.8 Å². The lowest BCUT2D eigenvalue weighted by molar-refractivity contribution is -0.125. The smallest absolute Gasteiger partial charge is 0.243 e. The molecule has 0 saturated heterocycles. The fourth-order valence-corrected chi connectivity index (χ4v) is 2.51. The summed E-state index contributed by atoms with van der Waals surface area (Å²) >= 11 is 0. The zero-order valence-corrected chi connectivity index (χ0v) is 11.9. The Hall–Kier alpha value is -1.98. The van der Waals surface area contributed by atoms with Crippen LogP contribution in [0.2, 0.25) is 0 Å². The highest BCUT2D eigenvalue weighted by atomic mass is 19.2. The molecule has 0 aliphatic heterocycles. The Morgan fingerprint density at radius 1 is 1.33 bits per heavy atom. The zero-order valence-electron chi connectivity index (χ0n) is 11.9. The Bertz CT molecular complexity index is 692. The average Bonchev–Trinajstić information content (AvgIpc) is 3.13. The van der Waals surface area contributed by atoms with E-state index in [2.05, 4.69) is 10.3 Å². The van der Waals surface area contributed by atoms with Crippen LogP contribution in [0, 0.1) is 17.6 Å². The van der Waals surface area contributed by atoms with Crippen LogP contribution < -0.4 is 5.32 Å². The van der Waals surface area contributed by atoms with E-state index in [1.807, 2.05) is 13.8 Å². The van der Waals surface area contributed by atoms with Gasteiger partial charge >= 0.3 is 0 Å². The Morgan fingerprint density at radius 2 is 2.00 bits per heavy atom. The first kappa shape index (κ1) is 14.0. The molecule has 1 aromatic heterocycles. The maximum absolute atomic E-state index is 13.5. The van der Waals surface area contributed by atoms with E-state index in [4.69, 9.17) is 0 Å². The third-order valence-electron chi connectivity index (χ3n) is 3.74. The van der Waals surface area contributed by atoms with Crippen LogP contribution >= 0.6 is 0 Å². The second kappa shape index (κ2) is 5.09. The highest BCUT2D eigenvalue weighted by Crippen LogP contribution is 2.27. The number of halogens is 2. The molecule has 2 aromatic rings. The predicted octanol–water partition coefficient (Wildman–Crippen LogP) is 2.79. The molecule has 1 aromatic carbocycles. The molecular weight excluding hydrogens is 276 g/mol. The van der Waals surface area contributed by atoms with E-state index in [1.165, 1.54) is 6.33 Å². The summed E-state index contributed by atoms with van der Waals surface area (Å²) in [5.74, 6) is -1.96. The number of rotatable bonds is 4. The molecule has 1 amide bonds. The summed E-state index contributed by atoms with van der Waals surface area (Å²) in [6, 6.07) is 1.91. The molecule has 1 heterocycles. The highest BCUT2D eigenvalue weighted by molar-refractivity contribution is 5.84. The molecule has 1 aliphatic rings. The molecule has 0 spiro atoms. The molecule has 21 heavy (non-hydrogen) atoms. The fraction of sp³-hybridized carbons (Fsp3) is 0.467. The molecule has 0 unspecified atom stereocenters. The lowest BCUT2D eigenvalue weighted by Crippen LogP contribution is -2.36. The molecule has 1 aliphatic carbocycles. The van der Waals surface area contributed by atoms with E-state index in [0.717, 1.165) is 25.0 Å². The predicted molar refractivity (Wildman–Crippen MR) is 74.7 cm³/mol. The summed E-state index contributed by atoms with van der Waals surface area (Å²) in [6.07, 6.45) is 3.48. The van der Waals surface area contributed by atoms with Crippen LogP contribution in [0.25, 0.3) is 11.0 Å². The number of hydrogen-bond acceptors (Lipinski definition) is 2. The number of nitrogens with zero attached hydrogens (tertiary/aromatic N) is 2. The SMILES string of the molecule is CC(C)[C@@H](C(=O)NC1CC1)n1cnc2cc(F)c(F)cc21. The summed E-state index contributed by atoms with van der Waals surface area (Å²) in [7, 11) is 0. The topological polar surface area (TPSA) is 46.9 Å². The van der Waals surface area contributed by atoms with Crippen LogP contribution in [-0.4, -0.2) is 21.5 Å². The lowest BCUT2D eigenvalue weighted by Gasteiger charge is -2.22. The third kappa shape index (κ3) is 2.62. The van der Waals surface area contributed by atoms with Gasteiger partial charge in [-0.25, -0.2) is 13.8 Å². The Labute approximate surface area is 121 Å². The largest absolute Gasteiger partial charge is 0.352 e. The van der Waals surface area contributed by atoms with Crippen molar-refractivity contribution in [3.63, 3.8) is 0 Å². The van der Waals surface area contributed by atoms with Crippen LogP contribution in [0.1, 0.15) is 32.7 Å². The normalized spacial score (nSPS) is 16.4. The summed E-state index contributed by atoms with van der Waals surface area (Å²) in [6.45, 7) is 3.84. The first-order valence-electron chi connectivity index (χ1n) is 7.09. The summed E-state index contributed by atoms with van der Waals surface area (Å²) in [5, 5.41) is 2.96. The Balaban J connectivity index is 2.02. The number of benzene rings is 1. The number of aromatic nitrogens is 2. The second-order valence-electron chi connectivity index (χ2n) is 5.88. The van der Waals surface area contributed by atoms with E-state index in [0.29, 0.717) is 11.0 Å². The van der Waals surface area contributed by atoms with Crippen LogP contribution in [0.15, 0.2) is 18.5 Å². The monoisotopic (exact) mass is 293 g/mol. The van der Waals surface area contributed by atoms with Gasteiger partial charge in [0.1, 0.15) is 6.04 Å². The quantitative estimate of drug-likeness (QED) is 0.942. The highest BCUT2D eigenvalue weighted by Gasteiger charge is 2.31. The third-order valence-corrected chi connectivity index (χ3v) is 3.74. The van der Waals surface area contributed by atoms with Gasteiger partial charge in [0.25, 0.3) is 0 Å². The fourth-order valence-electron chi connectivity index (χ4n) is 2.51. The average molecular weight is 293 g/mol. The molecule has 112 valence electrons. The molecule has 1 atom stereocenters. The molecule has 1 N–H and O–H groups in total. The molecule has 0 radical (unpaired) electrons.